The molecule has 9 heteroatoms. The largest absolute Gasteiger partial charge is 0.369 e. The van der Waals surface area contributed by atoms with Gasteiger partial charge in [0.15, 0.2) is 11.7 Å². The molecule has 1 fully saturated rings. The van der Waals surface area contributed by atoms with E-state index in [1.54, 1.807) is 13.2 Å². The highest BCUT2D eigenvalue weighted by atomic mass is 16.5. The lowest BCUT2D eigenvalue weighted by Gasteiger charge is -2.32. The van der Waals surface area contributed by atoms with Gasteiger partial charge in [-0.05, 0) is 24.8 Å². The molecule has 2 aromatic rings. The number of primary amides is 1. The fourth-order valence-electron chi connectivity index (χ4n) is 3.48. The van der Waals surface area contributed by atoms with Gasteiger partial charge >= 0.3 is 0 Å². The number of carbonyl (C=O) groups excluding carboxylic acids is 1. The molecule has 1 aliphatic heterocycles. The van der Waals surface area contributed by atoms with Gasteiger partial charge in [0.05, 0.1) is 12.2 Å². The number of aromatic nitrogens is 2. The predicted molar refractivity (Wildman–Crippen MR) is 116 cm³/mol. The summed E-state index contributed by atoms with van der Waals surface area (Å²) in [6, 6.07) is 5.93. The number of piperidine rings is 1. The van der Waals surface area contributed by atoms with Gasteiger partial charge in [-0.2, -0.15) is 0 Å². The molecular formula is C21H31N7O2. The summed E-state index contributed by atoms with van der Waals surface area (Å²) in [5.41, 5.74) is 7.46. The number of guanidine groups is 1. The third-order valence-corrected chi connectivity index (χ3v) is 5.33. The number of amides is 1. The maximum absolute atomic E-state index is 11.4. The van der Waals surface area contributed by atoms with Gasteiger partial charge in [-0.1, -0.05) is 25.1 Å². The van der Waals surface area contributed by atoms with Gasteiger partial charge in [-0.15, -0.1) is 0 Å². The normalized spacial score (nSPS) is 15.5. The molecule has 2 aromatic heterocycles. The van der Waals surface area contributed by atoms with Crippen LogP contribution in [0.2, 0.25) is 0 Å². The molecule has 30 heavy (non-hydrogen) atoms. The summed E-state index contributed by atoms with van der Waals surface area (Å²) in [5, 5.41) is 10.6. The van der Waals surface area contributed by atoms with Crippen LogP contribution in [0.1, 0.15) is 49.6 Å². The molecule has 1 saturated heterocycles. The first-order valence-corrected chi connectivity index (χ1v) is 10.4. The molecule has 1 aliphatic rings. The second kappa shape index (κ2) is 10.1. The van der Waals surface area contributed by atoms with Crippen LogP contribution in [0, 0.1) is 5.92 Å². The maximum atomic E-state index is 11.4. The van der Waals surface area contributed by atoms with Crippen molar-refractivity contribution in [3.63, 3.8) is 0 Å². The van der Waals surface area contributed by atoms with Crippen LogP contribution in [0.15, 0.2) is 33.9 Å². The van der Waals surface area contributed by atoms with E-state index >= 15 is 0 Å². The number of carbonyl (C=O) groups is 1. The summed E-state index contributed by atoms with van der Waals surface area (Å²) in [7, 11) is 1.73. The van der Waals surface area contributed by atoms with Crippen molar-refractivity contribution in [1.29, 1.82) is 0 Å². The molecular weight excluding hydrogens is 382 g/mol. The van der Waals surface area contributed by atoms with Crippen LogP contribution >= 0.6 is 0 Å². The van der Waals surface area contributed by atoms with Crippen LogP contribution in [0.3, 0.4) is 0 Å². The Bertz CT molecular complexity index is 870. The minimum Gasteiger partial charge on any atom is -0.369 e. The Labute approximate surface area is 177 Å². The van der Waals surface area contributed by atoms with Crippen LogP contribution in [-0.2, 0) is 17.9 Å². The highest BCUT2D eigenvalue weighted by molar-refractivity contribution is 5.79. The molecule has 0 aromatic carbocycles. The Kier molecular flexibility index (Phi) is 7.26. The van der Waals surface area contributed by atoms with E-state index < -0.39 is 0 Å². The molecule has 0 spiro atoms. The number of anilines is 1. The molecule has 0 bridgehead atoms. The molecule has 4 N–H and O–H groups in total. The van der Waals surface area contributed by atoms with Crippen LogP contribution in [0.25, 0.3) is 0 Å². The van der Waals surface area contributed by atoms with E-state index in [0.717, 1.165) is 48.8 Å². The first kappa shape index (κ1) is 21.6. The summed E-state index contributed by atoms with van der Waals surface area (Å²) < 4.78 is 5.36. The number of nitrogens with zero attached hydrogens (tertiary/aromatic N) is 4. The van der Waals surface area contributed by atoms with Gasteiger partial charge in [-0.3, -0.25) is 9.79 Å². The van der Waals surface area contributed by atoms with Gasteiger partial charge in [0.1, 0.15) is 5.82 Å². The monoisotopic (exact) mass is 413 g/mol. The zero-order valence-electron chi connectivity index (χ0n) is 17.9. The number of hydrogen-bond acceptors (Lipinski definition) is 6. The quantitative estimate of drug-likeness (QED) is 0.467. The molecule has 1 amide bonds. The number of hydrogen-bond donors (Lipinski definition) is 3. The lowest BCUT2D eigenvalue weighted by Crippen LogP contribution is -2.40. The van der Waals surface area contributed by atoms with Crippen LogP contribution < -0.4 is 21.3 Å². The van der Waals surface area contributed by atoms with Crippen molar-refractivity contribution >= 4 is 17.7 Å². The summed E-state index contributed by atoms with van der Waals surface area (Å²) in [4.78, 5) is 22.5. The number of rotatable bonds is 7. The second-order valence-electron chi connectivity index (χ2n) is 7.80. The van der Waals surface area contributed by atoms with Gasteiger partial charge in [0, 0.05) is 50.4 Å². The van der Waals surface area contributed by atoms with Gasteiger partial charge < -0.3 is 25.8 Å². The van der Waals surface area contributed by atoms with E-state index in [2.05, 4.69) is 44.5 Å². The summed E-state index contributed by atoms with van der Waals surface area (Å²) >= 11 is 0. The standard InChI is InChI=1S/C21H31N7O2/c1-14(2)18-11-17(30-27-18)13-26-21(23-3)25-12-16-5-4-8-24-20(16)28-9-6-15(7-10-28)19(22)29/h4-5,8,11,14-15H,6-7,9-10,12-13H2,1-3H3,(H2,22,29)(H2,23,25,26). The molecule has 0 saturated carbocycles. The highest BCUT2D eigenvalue weighted by Crippen LogP contribution is 2.24. The van der Waals surface area contributed by atoms with Crippen molar-refractivity contribution in [2.75, 3.05) is 25.0 Å². The van der Waals surface area contributed by atoms with Crippen molar-refractivity contribution in [1.82, 2.24) is 20.8 Å². The number of pyridine rings is 1. The summed E-state index contributed by atoms with van der Waals surface area (Å²) in [5.74, 6) is 2.44. The Balaban J connectivity index is 1.56. The Morgan fingerprint density at radius 1 is 1.33 bits per heavy atom. The molecule has 0 atom stereocenters. The van der Waals surface area contributed by atoms with E-state index in [-0.39, 0.29) is 11.8 Å². The third-order valence-electron chi connectivity index (χ3n) is 5.33. The molecule has 162 valence electrons. The van der Waals surface area contributed by atoms with Crippen molar-refractivity contribution < 1.29 is 9.32 Å². The lowest BCUT2D eigenvalue weighted by molar-refractivity contribution is -0.122. The Morgan fingerprint density at radius 2 is 2.07 bits per heavy atom. The average Bonchev–Trinajstić information content (AvgIpc) is 3.24. The SMILES string of the molecule is CN=C(NCc1cc(C(C)C)no1)NCc1cccnc1N1CCC(C(N)=O)CC1. The number of aliphatic imine (C=N–C) groups is 1. The molecule has 0 aliphatic carbocycles. The van der Waals surface area contributed by atoms with E-state index in [1.165, 1.54) is 0 Å². The van der Waals surface area contributed by atoms with Crippen molar-refractivity contribution in [3.8, 4) is 0 Å². The number of nitrogens with two attached hydrogens (primary N) is 1. The minimum absolute atomic E-state index is 0.0399. The first-order chi connectivity index (χ1) is 14.5. The minimum atomic E-state index is -0.209. The van der Waals surface area contributed by atoms with E-state index in [1.807, 2.05) is 18.2 Å². The summed E-state index contributed by atoms with van der Waals surface area (Å²) in [6.07, 6.45) is 3.32. The Morgan fingerprint density at radius 3 is 2.70 bits per heavy atom. The van der Waals surface area contributed by atoms with Crippen LogP contribution in [-0.4, -0.2) is 42.1 Å². The van der Waals surface area contributed by atoms with Crippen molar-refractivity contribution in [2.24, 2.45) is 16.6 Å². The number of nitrogens with one attached hydrogen (secondary N) is 2. The molecule has 9 nitrogen and oxygen atoms in total. The van der Waals surface area contributed by atoms with Crippen LogP contribution in [0.4, 0.5) is 5.82 Å². The highest BCUT2D eigenvalue weighted by Gasteiger charge is 2.25. The first-order valence-electron chi connectivity index (χ1n) is 10.4. The molecule has 3 rings (SSSR count). The van der Waals surface area contributed by atoms with E-state index in [9.17, 15) is 4.79 Å². The van der Waals surface area contributed by atoms with Gasteiger partial charge in [0.25, 0.3) is 0 Å². The maximum Gasteiger partial charge on any atom is 0.220 e. The third kappa shape index (κ3) is 5.49. The molecule has 0 radical (unpaired) electrons. The second-order valence-corrected chi connectivity index (χ2v) is 7.80. The fourth-order valence-corrected chi connectivity index (χ4v) is 3.48. The van der Waals surface area contributed by atoms with Crippen molar-refractivity contribution in [2.45, 2.75) is 45.7 Å². The zero-order valence-corrected chi connectivity index (χ0v) is 17.9. The molecule has 3 heterocycles. The summed E-state index contributed by atoms with van der Waals surface area (Å²) in [6.45, 7) is 6.78. The predicted octanol–water partition coefficient (Wildman–Crippen LogP) is 1.76. The van der Waals surface area contributed by atoms with E-state index in [4.69, 9.17) is 10.3 Å². The smallest absolute Gasteiger partial charge is 0.220 e. The van der Waals surface area contributed by atoms with Crippen LogP contribution in [0.5, 0.6) is 0 Å². The van der Waals surface area contributed by atoms with Gasteiger partial charge in [-0.25, -0.2) is 4.98 Å². The molecule has 0 unspecified atom stereocenters. The van der Waals surface area contributed by atoms with Gasteiger partial charge in [0.2, 0.25) is 5.91 Å². The zero-order chi connectivity index (χ0) is 21.5. The van der Waals surface area contributed by atoms with Crippen molar-refractivity contribution in [3.05, 3.63) is 41.4 Å². The fraction of sp³-hybridized carbons (Fsp3) is 0.524. The average molecular weight is 414 g/mol. The lowest BCUT2D eigenvalue weighted by atomic mass is 9.96. The Hall–Kier alpha value is -3.10. The topological polar surface area (TPSA) is 122 Å². The van der Waals surface area contributed by atoms with E-state index in [0.29, 0.717) is 25.0 Å².